The summed E-state index contributed by atoms with van der Waals surface area (Å²) < 4.78 is 25.9. The Balaban J connectivity index is 2.81. The van der Waals surface area contributed by atoms with E-state index in [4.69, 9.17) is 0 Å². The third-order valence-electron chi connectivity index (χ3n) is 3.02. The van der Waals surface area contributed by atoms with Crippen molar-refractivity contribution in [3.05, 3.63) is 35.4 Å². The van der Waals surface area contributed by atoms with Crippen molar-refractivity contribution in [3.63, 3.8) is 0 Å². The Morgan fingerprint density at radius 3 is 2.32 bits per heavy atom. The lowest BCUT2D eigenvalue weighted by Gasteiger charge is -2.18. The van der Waals surface area contributed by atoms with Crippen LogP contribution in [-0.2, 0) is 22.3 Å². The van der Waals surface area contributed by atoms with E-state index >= 15 is 0 Å². The third-order valence-corrected chi connectivity index (χ3v) is 5.02. The zero-order chi connectivity index (χ0) is 14.3. The highest BCUT2D eigenvalue weighted by Crippen LogP contribution is 2.12. The van der Waals surface area contributed by atoms with Crippen molar-refractivity contribution in [1.82, 2.24) is 9.62 Å². The number of benzene rings is 1. The Labute approximate surface area is 116 Å². The fourth-order valence-electron chi connectivity index (χ4n) is 2.02. The summed E-state index contributed by atoms with van der Waals surface area (Å²) >= 11 is 0. The van der Waals surface area contributed by atoms with E-state index in [1.807, 2.05) is 38.1 Å². The Morgan fingerprint density at radius 2 is 1.74 bits per heavy atom. The molecule has 0 aliphatic rings. The van der Waals surface area contributed by atoms with Crippen molar-refractivity contribution in [1.29, 1.82) is 0 Å². The van der Waals surface area contributed by atoms with Gasteiger partial charge in [-0.2, -0.15) is 0 Å². The van der Waals surface area contributed by atoms with Gasteiger partial charge in [-0.05, 0) is 17.7 Å². The molecule has 0 unspecified atom stereocenters. The molecule has 5 heteroatoms. The second-order valence-electron chi connectivity index (χ2n) is 4.44. The van der Waals surface area contributed by atoms with Gasteiger partial charge in [0.05, 0.1) is 5.75 Å². The summed E-state index contributed by atoms with van der Waals surface area (Å²) in [6.07, 6.45) is 0. The quantitative estimate of drug-likeness (QED) is 0.794. The van der Waals surface area contributed by atoms with Crippen LogP contribution < -0.4 is 5.32 Å². The summed E-state index contributed by atoms with van der Waals surface area (Å²) in [4.78, 5) is 0. The maximum Gasteiger partial charge on any atom is 0.218 e. The Morgan fingerprint density at radius 1 is 1.11 bits per heavy atom. The van der Waals surface area contributed by atoms with Gasteiger partial charge in [0.25, 0.3) is 0 Å². The fraction of sp³-hybridized carbons (Fsp3) is 0.571. The minimum atomic E-state index is -3.20. The smallest absolute Gasteiger partial charge is 0.218 e. The number of hydrogen-bond donors (Lipinski definition) is 1. The molecule has 1 N–H and O–H groups in total. The van der Waals surface area contributed by atoms with E-state index < -0.39 is 10.0 Å². The van der Waals surface area contributed by atoms with Crippen molar-refractivity contribution in [2.75, 3.05) is 19.6 Å². The minimum Gasteiger partial charge on any atom is -0.313 e. The van der Waals surface area contributed by atoms with E-state index in [0.29, 0.717) is 13.1 Å². The zero-order valence-electron chi connectivity index (χ0n) is 12.0. The molecule has 4 nitrogen and oxygen atoms in total. The lowest BCUT2D eigenvalue weighted by Crippen LogP contribution is -2.31. The standard InChI is InChI=1S/C14H24N2O2S/c1-4-15-11-13-8-7-9-14(10-13)12-19(17,18)16(5-2)6-3/h7-10,15H,4-6,11-12H2,1-3H3. The first-order valence-corrected chi connectivity index (χ1v) is 8.40. The van der Waals surface area contributed by atoms with E-state index in [9.17, 15) is 8.42 Å². The van der Waals surface area contributed by atoms with Crippen molar-refractivity contribution in [2.45, 2.75) is 33.1 Å². The molecule has 19 heavy (non-hydrogen) atoms. The molecule has 1 aromatic rings. The summed E-state index contributed by atoms with van der Waals surface area (Å²) in [6, 6.07) is 7.76. The lowest BCUT2D eigenvalue weighted by molar-refractivity contribution is 0.444. The van der Waals surface area contributed by atoms with Crippen molar-refractivity contribution in [2.24, 2.45) is 0 Å². The van der Waals surface area contributed by atoms with Crippen molar-refractivity contribution >= 4 is 10.0 Å². The Bertz CT molecular complexity index is 482. The second-order valence-corrected chi connectivity index (χ2v) is 6.41. The highest BCUT2D eigenvalue weighted by Gasteiger charge is 2.19. The van der Waals surface area contributed by atoms with Gasteiger partial charge in [0, 0.05) is 19.6 Å². The molecule has 0 heterocycles. The van der Waals surface area contributed by atoms with Crippen LogP contribution in [-0.4, -0.2) is 32.4 Å². The summed E-state index contributed by atoms with van der Waals surface area (Å²) in [5.74, 6) is 0.0780. The average Bonchev–Trinajstić information content (AvgIpc) is 2.37. The largest absolute Gasteiger partial charge is 0.313 e. The zero-order valence-corrected chi connectivity index (χ0v) is 12.8. The van der Waals surface area contributed by atoms with Gasteiger partial charge in [-0.15, -0.1) is 0 Å². The van der Waals surface area contributed by atoms with Gasteiger partial charge in [0.2, 0.25) is 10.0 Å². The lowest BCUT2D eigenvalue weighted by atomic mass is 10.1. The molecular formula is C14H24N2O2S. The summed E-state index contributed by atoms with van der Waals surface area (Å²) in [6.45, 7) is 8.50. The second kappa shape index (κ2) is 7.62. The minimum absolute atomic E-state index is 0.0780. The van der Waals surface area contributed by atoms with E-state index in [1.165, 1.54) is 4.31 Å². The molecule has 0 aliphatic heterocycles. The predicted molar refractivity (Wildman–Crippen MR) is 79.4 cm³/mol. The molecule has 0 atom stereocenters. The monoisotopic (exact) mass is 284 g/mol. The molecule has 0 spiro atoms. The van der Waals surface area contributed by atoms with E-state index in [1.54, 1.807) is 0 Å². The molecule has 0 radical (unpaired) electrons. The highest BCUT2D eigenvalue weighted by molar-refractivity contribution is 7.88. The van der Waals surface area contributed by atoms with Crippen LogP contribution in [0, 0.1) is 0 Å². The van der Waals surface area contributed by atoms with Crippen LogP contribution in [0.3, 0.4) is 0 Å². The Kier molecular flexibility index (Phi) is 6.48. The van der Waals surface area contributed by atoms with Crippen LogP contribution in [0.25, 0.3) is 0 Å². The van der Waals surface area contributed by atoms with Gasteiger partial charge in [0.1, 0.15) is 0 Å². The summed E-state index contributed by atoms with van der Waals surface area (Å²) in [7, 11) is -3.20. The maximum atomic E-state index is 12.2. The first-order valence-electron chi connectivity index (χ1n) is 6.79. The predicted octanol–water partition coefficient (Wildman–Crippen LogP) is 1.97. The first kappa shape index (κ1) is 16.1. The number of hydrogen-bond acceptors (Lipinski definition) is 3. The molecule has 0 amide bonds. The van der Waals surface area contributed by atoms with E-state index in [-0.39, 0.29) is 5.75 Å². The summed E-state index contributed by atoms with van der Waals surface area (Å²) in [5.41, 5.74) is 1.97. The molecule has 0 fully saturated rings. The van der Waals surface area contributed by atoms with Gasteiger partial charge in [-0.1, -0.05) is 45.0 Å². The number of nitrogens with zero attached hydrogens (tertiary/aromatic N) is 1. The van der Waals surface area contributed by atoms with Crippen LogP contribution in [0.15, 0.2) is 24.3 Å². The van der Waals surface area contributed by atoms with Crippen LogP contribution in [0.4, 0.5) is 0 Å². The first-order chi connectivity index (χ1) is 9.03. The normalized spacial score (nSPS) is 12.0. The van der Waals surface area contributed by atoms with E-state index in [2.05, 4.69) is 12.2 Å². The number of nitrogens with one attached hydrogen (secondary N) is 1. The molecule has 1 aromatic carbocycles. The van der Waals surface area contributed by atoms with Crippen LogP contribution in [0.1, 0.15) is 31.9 Å². The molecular weight excluding hydrogens is 260 g/mol. The van der Waals surface area contributed by atoms with Crippen LogP contribution in [0.2, 0.25) is 0 Å². The SMILES string of the molecule is CCNCc1cccc(CS(=O)(=O)N(CC)CC)c1. The Hall–Kier alpha value is -0.910. The van der Waals surface area contributed by atoms with Crippen molar-refractivity contribution < 1.29 is 8.42 Å². The topological polar surface area (TPSA) is 49.4 Å². The number of sulfonamides is 1. The third kappa shape index (κ3) is 4.93. The molecule has 0 aromatic heterocycles. The average molecular weight is 284 g/mol. The van der Waals surface area contributed by atoms with Crippen LogP contribution >= 0.6 is 0 Å². The molecule has 0 aliphatic carbocycles. The number of rotatable bonds is 8. The van der Waals surface area contributed by atoms with Gasteiger partial charge in [0.15, 0.2) is 0 Å². The fourth-order valence-corrected chi connectivity index (χ4v) is 3.59. The van der Waals surface area contributed by atoms with Crippen molar-refractivity contribution in [3.8, 4) is 0 Å². The highest BCUT2D eigenvalue weighted by atomic mass is 32.2. The molecule has 0 saturated heterocycles. The van der Waals surface area contributed by atoms with Crippen LogP contribution in [0.5, 0.6) is 0 Å². The van der Waals surface area contributed by atoms with Gasteiger partial charge < -0.3 is 5.32 Å². The van der Waals surface area contributed by atoms with E-state index in [0.717, 1.165) is 24.2 Å². The molecule has 108 valence electrons. The maximum absolute atomic E-state index is 12.2. The summed E-state index contributed by atoms with van der Waals surface area (Å²) in [5, 5.41) is 3.24. The van der Waals surface area contributed by atoms with Gasteiger partial charge in [-0.25, -0.2) is 12.7 Å². The molecule has 0 bridgehead atoms. The molecule has 1 rings (SSSR count). The van der Waals surface area contributed by atoms with Gasteiger partial charge in [-0.3, -0.25) is 0 Å². The van der Waals surface area contributed by atoms with Gasteiger partial charge >= 0.3 is 0 Å². The molecule has 0 saturated carbocycles.